The molecule has 0 amide bonds. The van der Waals surface area contributed by atoms with Crippen LogP contribution in [-0.2, 0) is 4.74 Å². The van der Waals surface area contributed by atoms with E-state index in [9.17, 15) is 4.79 Å². The predicted molar refractivity (Wildman–Crippen MR) is 63.2 cm³/mol. The van der Waals surface area contributed by atoms with Crippen LogP contribution in [0, 0.1) is 11.8 Å². The molecule has 2 rings (SSSR count). The molecule has 1 aromatic rings. The van der Waals surface area contributed by atoms with E-state index in [-0.39, 0.29) is 24.2 Å². The lowest BCUT2D eigenvalue weighted by atomic mass is 9.92. The van der Waals surface area contributed by atoms with Crippen molar-refractivity contribution in [3.8, 4) is 0 Å². The smallest absolute Gasteiger partial charge is 0.354 e. The molecule has 2 heterocycles. The Balaban J connectivity index is 2.32. The van der Waals surface area contributed by atoms with E-state index in [1.807, 2.05) is 0 Å². The number of aromatic nitrogens is 3. The van der Waals surface area contributed by atoms with Crippen molar-refractivity contribution in [2.45, 2.75) is 39.5 Å². The number of hydrogen-bond donors (Lipinski definition) is 1. The summed E-state index contributed by atoms with van der Waals surface area (Å²) < 4.78 is 7.31. The molecule has 4 unspecified atom stereocenters. The van der Waals surface area contributed by atoms with E-state index in [4.69, 9.17) is 10.5 Å². The Kier molecular flexibility index (Phi) is 3.15. The van der Waals surface area contributed by atoms with Gasteiger partial charge in [-0.3, -0.25) is 4.57 Å². The summed E-state index contributed by atoms with van der Waals surface area (Å²) in [5.41, 5.74) is 4.96. The molecule has 17 heavy (non-hydrogen) atoms. The van der Waals surface area contributed by atoms with Crippen LogP contribution in [0.3, 0.4) is 0 Å². The third-order valence-electron chi connectivity index (χ3n) is 3.60. The molecule has 1 saturated heterocycles. The number of nitrogens with zero attached hydrogens (tertiary/aromatic N) is 3. The summed E-state index contributed by atoms with van der Waals surface area (Å²) in [5, 5.41) is 0. The fourth-order valence-corrected chi connectivity index (χ4v) is 2.34. The van der Waals surface area contributed by atoms with Crippen LogP contribution in [0.2, 0.25) is 0 Å². The van der Waals surface area contributed by atoms with Crippen LogP contribution < -0.4 is 11.4 Å². The van der Waals surface area contributed by atoms with Crippen molar-refractivity contribution in [2.75, 3.05) is 5.73 Å². The molecule has 0 radical (unpaired) electrons. The van der Waals surface area contributed by atoms with Crippen molar-refractivity contribution in [3.63, 3.8) is 0 Å². The summed E-state index contributed by atoms with van der Waals surface area (Å²) in [6.07, 6.45) is 2.24. The first-order chi connectivity index (χ1) is 8.04. The summed E-state index contributed by atoms with van der Waals surface area (Å²) in [5.74, 6) is 0.663. The maximum absolute atomic E-state index is 11.7. The molecular formula is C11H18N4O2. The Morgan fingerprint density at radius 2 is 2.18 bits per heavy atom. The summed E-state index contributed by atoms with van der Waals surface area (Å²) in [4.78, 5) is 19.2. The fourth-order valence-electron chi connectivity index (χ4n) is 2.34. The number of anilines is 1. The Labute approximate surface area is 99.8 Å². The molecule has 2 N–H and O–H groups in total. The van der Waals surface area contributed by atoms with Crippen LogP contribution in [0.1, 0.15) is 33.4 Å². The number of hydrogen-bond acceptors (Lipinski definition) is 5. The molecule has 0 aromatic carbocycles. The van der Waals surface area contributed by atoms with Crippen LogP contribution in [0.25, 0.3) is 0 Å². The molecule has 1 aliphatic heterocycles. The Morgan fingerprint density at radius 1 is 1.47 bits per heavy atom. The largest absolute Gasteiger partial charge is 0.368 e. The van der Waals surface area contributed by atoms with Gasteiger partial charge in [0.25, 0.3) is 0 Å². The molecule has 0 spiro atoms. The van der Waals surface area contributed by atoms with Crippen LogP contribution in [0.5, 0.6) is 0 Å². The average molecular weight is 238 g/mol. The molecule has 6 heteroatoms. The molecule has 0 saturated carbocycles. The molecule has 1 aromatic heterocycles. The Bertz CT molecular complexity index is 459. The second-order valence-corrected chi connectivity index (χ2v) is 4.60. The first kappa shape index (κ1) is 12.0. The SMILES string of the molecule is CCC1OC(n2cnc(N)nc2=O)C(C)C1C. The minimum Gasteiger partial charge on any atom is -0.368 e. The molecule has 6 nitrogen and oxygen atoms in total. The first-order valence-electron chi connectivity index (χ1n) is 5.90. The second-order valence-electron chi connectivity index (χ2n) is 4.60. The highest BCUT2D eigenvalue weighted by Crippen LogP contribution is 2.38. The normalized spacial score (nSPS) is 32.9. The van der Waals surface area contributed by atoms with Gasteiger partial charge in [-0.05, 0) is 12.3 Å². The van der Waals surface area contributed by atoms with Gasteiger partial charge < -0.3 is 10.5 Å². The lowest BCUT2D eigenvalue weighted by Gasteiger charge is -2.17. The Morgan fingerprint density at radius 3 is 2.71 bits per heavy atom. The molecule has 1 fully saturated rings. The zero-order chi connectivity index (χ0) is 12.6. The molecule has 0 bridgehead atoms. The monoisotopic (exact) mass is 238 g/mol. The number of nitrogens with two attached hydrogens (primary N) is 1. The lowest BCUT2D eigenvalue weighted by molar-refractivity contribution is -0.0174. The number of ether oxygens (including phenoxy) is 1. The van der Waals surface area contributed by atoms with Crippen molar-refractivity contribution in [1.82, 2.24) is 14.5 Å². The zero-order valence-corrected chi connectivity index (χ0v) is 10.3. The fraction of sp³-hybridized carbons (Fsp3) is 0.727. The van der Waals surface area contributed by atoms with Crippen LogP contribution in [-0.4, -0.2) is 20.6 Å². The van der Waals surface area contributed by atoms with Gasteiger partial charge in [0.2, 0.25) is 5.95 Å². The van der Waals surface area contributed by atoms with Crippen molar-refractivity contribution in [2.24, 2.45) is 11.8 Å². The van der Waals surface area contributed by atoms with Gasteiger partial charge in [0.1, 0.15) is 12.6 Å². The van der Waals surface area contributed by atoms with Gasteiger partial charge in [-0.2, -0.15) is 4.98 Å². The minimum atomic E-state index is -0.404. The quantitative estimate of drug-likeness (QED) is 0.824. The Hall–Kier alpha value is -1.43. The van der Waals surface area contributed by atoms with E-state index in [1.54, 1.807) is 0 Å². The van der Waals surface area contributed by atoms with E-state index in [0.717, 1.165) is 6.42 Å². The standard InChI is InChI=1S/C11H18N4O2/c1-4-8-6(2)7(3)9(17-8)15-5-13-10(12)14-11(15)16/h5-9H,4H2,1-3H3,(H2,12,14,16). The van der Waals surface area contributed by atoms with Gasteiger partial charge in [0, 0.05) is 5.92 Å². The van der Waals surface area contributed by atoms with Crippen molar-refractivity contribution < 1.29 is 4.74 Å². The maximum Gasteiger partial charge on any atom is 0.354 e. The highest BCUT2D eigenvalue weighted by Gasteiger charge is 2.39. The zero-order valence-electron chi connectivity index (χ0n) is 10.3. The third-order valence-corrected chi connectivity index (χ3v) is 3.60. The molecular weight excluding hydrogens is 220 g/mol. The lowest BCUT2D eigenvalue weighted by Crippen LogP contribution is -2.30. The van der Waals surface area contributed by atoms with Crippen LogP contribution in [0.4, 0.5) is 5.95 Å². The molecule has 4 atom stereocenters. The number of rotatable bonds is 2. The topological polar surface area (TPSA) is 83.0 Å². The predicted octanol–water partition coefficient (Wildman–Crippen LogP) is 0.800. The average Bonchev–Trinajstić information content (AvgIpc) is 2.57. The summed E-state index contributed by atoms with van der Waals surface area (Å²) in [6.45, 7) is 6.30. The van der Waals surface area contributed by atoms with Crippen LogP contribution >= 0.6 is 0 Å². The van der Waals surface area contributed by atoms with Crippen molar-refractivity contribution in [3.05, 3.63) is 16.8 Å². The highest BCUT2D eigenvalue weighted by molar-refractivity contribution is 5.09. The van der Waals surface area contributed by atoms with Crippen molar-refractivity contribution >= 4 is 5.95 Å². The van der Waals surface area contributed by atoms with E-state index in [1.165, 1.54) is 10.9 Å². The van der Waals surface area contributed by atoms with Gasteiger partial charge in [0.15, 0.2) is 0 Å². The van der Waals surface area contributed by atoms with Crippen LogP contribution in [0.15, 0.2) is 11.1 Å². The van der Waals surface area contributed by atoms with Crippen molar-refractivity contribution in [1.29, 1.82) is 0 Å². The van der Waals surface area contributed by atoms with E-state index >= 15 is 0 Å². The maximum atomic E-state index is 11.7. The van der Waals surface area contributed by atoms with E-state index < -0.39 is 5.69 Å². The highest BCUT2D eigenvalue weighted by atomic mass is 16.5. The minimum absolute atomic E-state index is 0.00279. The molecule has 0 aliphatic carbocycles. The first-order valence-corrected chi connectivity index (χ1v) is 5.90. The summed E-state index contributed by atoms with van der Waals surface area (Å²) in [7, 11) is 0. The number of nitrogen functional groups attached to an aromatic ring is 1. The van der Waals surface area contributed by atoms with Gasteiger partial charge >= 0.3 is 5.69 Å². The van der Waals surface area contributed by atoms with E-state index in [2.05, 4.69) is 30.7 Å². The molecule has 1 aliphatic rings. The van der Waals surface area contributed by atoms with Gasteiger partial charge in [-0.15, -0.1) is 0 Å². The molecule has 94 valence electrons. The third kappa shape index (κ3) is 2.04. The van der Waals surface area contributed by atoms with Gasteiger partial charge in [-0.25, -0.2) is 9.78 Å². The summed E-state index contributed by atoms with van der Waals surface area (Å²) >= 11 is 0. The van der Waals surface area contributed by atoms with E-state index in [0.29, 0.717) is 5.92 Å². The van der Waals surface area contributed by atoms with Gasteiger partial charge in [0.05, 0.1) is 6.10 Å². The summed E-state index contributed by atoms with van der Waals surface area (Å²) in [6, 6.07) is 0. The van der Waals surface area contributed by atoms with Gasteiger partial charge in [-0.1, -0.05) is 20.8 Å². The second kappa shape index (κ2) is 4.44.